The van der Waals surface area contributed by atoms with E-state index in [1.54, 1.807) is 6.20 Å². The Balaban J connectivity index is 2.44. The van der Waals surface area contributed by atoms with E-state index in [0.29, 0.717) is 12.5 Å². The van der Waals surface area contributed by atoms with Crippen LogP contribution in [0.5, 0.6) is 0 Å². The summed E-state index contributed by atoms with van der Waals surface area (Å²) in [5.41, 5.74) is 11.3. The van der Waals surface area contributed by atoms with Crippen molar-refractivity contribution in [2.24, 2.45) is 11.7 Å². The zero-order chi connectivity index (χ0) is 15.4. The number of hydrogen-bond donors (Lipinski definition) is 1. The average Bonchev–Trinajstić information content (AvgIpc) is 2.50. The summed E-state index contributed by atoms with van der Waals surface area (Å²) in [6, 6.07) is 2.00. The highest BCUT2D eigenvalue weighted by Gasteiger charge is 2.14. The van der Waals surface area contributed by atoms with Gasteiger partial charge in [-0.25, -0.2) is 9.97 Å². The van der Waals surface area contributed by atoms with Crippen molar-refractivity contribution in [3.63, 3.8) is 0 Å². The van der Waals surface area contributed by atoms with Crippen LogP contribution in [0.25, 0.3) is 11.4 Å². The molecule has 112 valence electrons. The Bertz CT molecular complexity index is 599. The van der Waals surface area contributed by atoms with Crippen molar-refractivity contribution in [2.75, 3.05) is 6.54 Å². The van der Waals surface area contributed by atoms with E-state index in [1.807, 2.05) is 12.3 Å². The first-order chi connectivity index (χ1) is 10.1. The first-order valence-electron chi connectivity index (χ1n) is 7.54. The quantitative estimate of drug-likeness (QED) is 0.917. The van der Waals surface area contributed by atoms with Crippen molar-refractivity contribution in [2.45, 2.75) is 40.5 Å². The molecule has 0 aliphatic carbocycles. The third-order valence-electron chi connectivity index (χ3n) is 3.90. The summed E-state index contributed by atoms with van der Waals surface area (Å²) >= 11 is 0. The lowest BCUT2D eigenvalue weighted by Crippen LogP contribution is -2.15. The maximum Gasteiger partial charge on any atom is 0.160 e. The first-order valence-corrected chi connectivity index (χ1v) is 7.54. The number of aromatic nitrogens is 3. The molecule has 2 heterocycles. The molecule has 0 saturated heterocycles. The van der Waals surface area contributed by atoms with Gasteiger partial charge in [0.25, 0.3) is 0 Å². The lowest BCUT2D eigenvalue weighted by atomic mass is 9.98. The smallest absolute Gasteiger partial charge is 0.160 e. The maximum absolute atomic E-state index is 5.73. The van der Waals surface area contributed by atoms with Crippen molar-refractivity contribution >= 4 is 0 Å². The molecule has 4 nitrogen and oxygen atoms in total. The minimum absolute atomic E-state index is 0.448. The molecule has 0 saturated carbocycles. The van der Waals surface area contributed by atoms with Crippen LogP contribution in [0.4, 0.5) is 0 Å². The van der Waals surface area contributed by atoms with Gasteiger partial charge in [0.1, 0.15) is 0 Å². The van der Waals surface area contributed by atoms with Crippen LogP contribution in [0.1, 0.15) is 36.4 Å². The fourth-order valence-corrected chi connectivity index (χ4v) is 2.51. The summed E-state index contributed by atoms with van der Waals surface area (Å²) in [6.45, 7) is 9.08. The van der Waals surface area contributed by atoms with E-state index >= 15 is 0 Å². The van der Waals surface area contributed by atoms with Gasteiger partial charge in [0.05, 0.1) is 0 Å². The summed E-state index contributed by atoms with van der Waals surface area (Å²) in [7, 11) is 0. The number of hydrogen-bond acceptors (Lipinski definition) is 4. The molecule has 0 amide bonds. The van der Waals surface area contributed by atoms with Crippen molar-refractivity contribution < 1.29 is 0 Å². The maximum atomic E-state index is 5.73. The number of pyridine rings is 1. The Morgan fingerprint density at radius 1 is 1.19 bits per heavy atom. The lowest BCUT2D eigenvalue weighted by Gasteiger charge is -2.15. The molecule has 0 bridgehead atoms. The number of rotatable bonds is 5. The normalized spacial score (nSPS) is 12.4. The standard InChI is InChI=1S/C17H24N4/c1-5-14-10-19-7-6-15(14)17-20-12(3)16(13(4)21-17)8-11(2)9-18/h6-7,10-11H,5,8-9,18H2,1-4H3. The summed E-state index contributed by atoms with van der Waals surface area (Å²) in [4.78, 5) is 13.6. The molecule has 1 unspecified atom stereocenters. The Hall–Kier alpha value is -1.81. The minimum atomic E-state index is 0.448. The van der Waals surface area contributed by atoms with Gasteiger partial charge in [0, 0.05) is 29.3 Å². The highest BCUT2D eigenvalue weighted by molar-refractivity contribution is 5.60. The zero-order valence-corrected chi connectivity index (χ0v) is 13.3. The van der Waals surface area contributed by atoms with Crippen LogP contribution >= 0.6 is 0 Å². The fraction of sp³-hybridized carbons (Fsp3) is 0.471. The Kier molecular flexibility index (Phi) is 5.02. The van der Waals surface area contributed by atoms with E-state index in [0.717, 1.165) is 35.6 Å². The second-order valence-electron chi connectivity index (χ2n) is 5.63. The van der Waals surface area contributed by atoms with Gasteiger partial charge in [-0.2, -0.15) is 0 Å². The molecule has 0 aliphatic heterocycles. The number of nitrogens with two attached hydrogens (primary N) is 1. The molecular weight excluding hydrogens is 260 g/mol. The molecule has 4 heteroatoms. The van der Waals surface area contributed by atoms with Crippen molar-refractivity contribution in [1.82, 2.24) is 15.0 Å². The van der Waals surface area contributed by atoms with Crippen LogP contribution in [0, 0.1) is 19.8 Å². The van der Waals surface area contributed by atoms with Crippen LogP contribution in [-0.2, 0) is 12.8 Å². The average molecular weight is 284 g/mol. The van der Waals surface area contributed by atoms with Gasteiger partial charge in [-0.3, -0.25) is 4.98 Å². The van der Waals surface area contributed by atoms with Crippen LogP contribution in [-0.4, -0.2) is 21.5 Å². The number of aryl methyl sites for hydroxylation is 3. The molecule has 0 fully saturated rings. The highest BCUT2D eigenvalue weighted by atomic mass is 14.9. The molecular formula is C17H24N4. The molecule has 2 aromatic heterocycles. The summed E-state index contributed by atoms with van der Waals surface area (Å²) in [5, 5.41) is 0. The highest BCUT2D eigenvalue weighted by Crippen LogP contribution is 2.23. The van der Waals surface area contributed by atoms with Gasteiger partial charge in [-0.1, -0.05) is 13.8 Å². The van der Waals surface area contributed by atoms with Crippen molar-refractivity contribution in [3.05, 3.63) is 41.0 Å². The Labute approximate surface area is 126 Å². The minimum Gasteiger partial charge on any atom is -0.330 e. The SMILES string of the molecule is CCc1cnccc1-c1nc(C)c(CC(C)CN)c(C)n1. The molecule has 0 aliphatic rings. The van der Waals surface area contributed by atoms with Gasteiger partial charge in [-0.05, 0) is 56.3 Å². The van der Waals surface area contributed by atoms with E-state index in [-0.39, 0.29) is 0 Å². The fourth-order valence-electron chi connectivity index (χ4n) is 2.51. The monoisotopic (exact) mass is 284 g/mol. The predicted molar refractivity (Wildman–Crippen MR) is 86.0 cm³/mol. The molecule has 2 N–H and O–H groups in total. The van der Waals surface area contributed by atoms with Crippen molar-refractivity contribution in [1.29, 1.82) is 0 Å². The molecule has 0 aromatic carbocycles. The van der Waals surface area contributed by atoms with Gasteiger partial charge < -0.3 is 5.73 Å². The predicted octanol–water partition coefficient (Wildman–Crippen LogP) is 2.86. The van der Waals surface area contributed by atoms with Crippen LogP contribution < -0.4 is 5.73 Å². The zero-order valence-electron chi connectivity index (χ0n) is 13.3. The molecule has 21 heavy (non-hydrogen) atoms. The topological polar surface area (TPSA) is 64.7 Å². The third-order valence-corrected chi connectivity index (χ3v) is 3.90. The molecule has 2 aromatic rings. The van der Waals surface area contributed by atoms with Crippen LogP contribution in [0.3, 0.4) is 0 Å². The largest absolute Gasteiger partial charge is 0.330 e. The van der Waals surface area contributed by atoms with E-state index in [4.69, 9.17) is 15.7 Å². The summed E-state index contributed by atoms with van der Waals surface area (Å²) in [5.74, 6) is 1.25. The third kappa shape index (κ3) is 3.45. The van der Waals surface area contributed by atoms with Gasteiger partial charge in [0.15, 0.2) is 5.82 Å². The van der Waals surface area contributed by atoms with Gasteiger partial charge in [-0.15, -0.1) is 0 Å². The van der Waals surface area contributed by atoms with E-state index < -0.39 is 0 Å². The first kappa shape index (κ1) is 15.6. The number of nitrogens with zero attached hydrogens (tertiary/aromatic N) is 3. The summed E-state index contributed by atoms with van der Waals surface area (Å²) in [6.07, 6.45) is 5.56. The summed E-state index contributed by atoms with van der Waals surface area (Å²) < 4.78 is 0. The molecule has 2 rings (SSSR count). The van der Waals surface area contributed by atoms with Crippen LogP contribution in [0.15, 0.2) is 18.5 Å². The van der Waals surface area contributed by atoms with Gasteiger partial charge >= 0.3 is 0 Å². The van der Waals surface area contributed by atoms with E-state index in [2.05, 4.69) is 32.7 Å². The van der Waals surface area contributed by atoms with Crippen LogP contribution in [0.2, 0.25) is 0 Å². The molecule has 1 atom stereocenters. The molecule has 0 radical (unpaired) electrons. The second kappa shape index (κ2) is 6.76. The van der Waals surface area contributed by atoms with Gasteiger partial charge in [0.2, 0.25) is 0 Å². The van der Waals surface area contributed by atoms with Crippen molar-refractivity contribution in [3.8, 4) is 11.4 Å². The van der Waals surface area contributed by atoms with E-state index in [1.165, 1.54) is 11.1 Å². The van der Waals surface area contributed by atoms with E-state index in [9.17, 15) is 0 Å². The lowest BCUT2D eigenvalue weighted by molar-refractivity contribution is 0.586. The Morgan fingerprint density at radius 2 is 1.86 bits per heavy atom. The Morgan fingerprint density at radius 3 is 2.43 bits per heavy atom. The molecule has 0 spiro atoms. The second-order valence-corrected chi connectivity index (χ2v) is 5.63.